The Morgan fingerprint density at radius 1 is 0.444 bits per heavy atom. The SMILES string of the molecule is CC/C=C\C/C=C\C/C=C\C/C=C\C/C=C\CCCCCCCCCC(=O)OC(COCCCCCCCC/C=C\C/C=C\C/C=C\C/C=C\C/C=C\CC)COP(=O)(O)OC1C(O)C(O)C(O)C(O)C1O. The van der Waals surface area contributed by atoms with Crippen LogP contribution in [0.3, 0.4) is 0 Å². The third-order valence-electron chi connectivity index (χ3n) is 11.8. The van der Waals surface area contributed by atoms with E-state index in [9.17, 15) is 39.8 Å². The van der Waals surface area contributed by atoms with Crippen LogP contribution in [0, 0.1) is 0 Å². The van der Waals surface area contributed by atoms with E-state index in [1.807, 2.05) is 0 Å². The molecule has 410 valence electrons. The summed E-state index contributed by atoms with van der Waals surface area (Å²) in [5.41, 5.74) is 0. The van der Waals surface area contributed by atoms with Crippen molar-refractivity contribution in [1.82, 2.24) is 0 Å². The van der Waals surface area contributed by atoms with E-state index in [1.54, 1.807) is 0 Å². The maximum Gasteiger partial charge on any atom is 0.472 e. The van der Waals surface area contributed by atoms with Crippen LogP contribution in [0.25, 0.3) is 0 Å². The molecule has 1 saturated carbocycles. The molecule has 0 spiro atoms. The predicted molar refractivity (Wildman–Crippen MR) is 294 cm³/mol. The molecule has 1 rings (SSSR count). The van der Waals surface area contributed by atoms with Gasteiger partial charge in [-0.15, -0.1) is 0 Å². The van der Waals surface area contributed by atoms with Crippen LogP contribution in [0.1, 0.15) is 181 Å². The highest BCUT2D eigenvalue weighted by Crippen LogP contribution is 2.47. The van der Waals surface area contributed by atoms with Crippen molar-refractivity contribution in [2.45, 2.75) is 224 Å². The molecule has 0 aromatic heterocycles. The van der Waals surface area contributed by atoms with Crippen LogP contribution < -0.4 is 0 Å². The van der Waals surface area contributed by atoms with Gasteiger partial charge < -0.3 is 39.9 Å². The summed E-state index contributed by atoms with van der Waals surface area (Å²) in [6.07, 6.45) is 56.8. The maximum atomic E-state index is 12.9. The van der Waals surface area contributed by atoms with Crippen molar-refractivity contribution >= 4 is 13.8 Å². The number of aliphatic hydroxyl groups excluding tert-OH is 5. The number of ether oxygens (including phenoxy) is 2. The van der Waals surface area contributed by atoms with Gasteiger partial charge in [0.05, 0.1) is 13.2 Å². The van der Waals surface area contributed by atoms with E-state index >= 15 is 0 Å². The number of rotatable bonds is 45. The predicted octanol–water partition coefficient (Wildman–Crippen LogP) is 13.0. The minimum absolute atomic E-state index is 0.100. The summed E-state index contributed by atoms with van der Waals surface area (Å²) < 4.78 is 34.3. The second-order valence-corrected chi connectivity index (χ2v) is 19.7. The Bertz CT molecular complexity index is 1650. The summed E-state index contributed by atoms with van der Waals surface area (Å²) in [6, 6.07) is 0. The molecule has 6 atom stereocenters. The van der Waals surface area contributed by atoms with Gasteiger partial charge in [-0.25, -0.2) is 4.57 Å². The summed E-state index contributed by atoms with van der Waals surface area (Å²) in [4.78, 5) is 23.3. The van der Waals surface area contributed by atoms with E-state index in [-0.39, 0.29) is 13.0 Å². The van der Waals surface area contributed by atoms with Crippen molar-refractivity contribution in [1.29, 1.82) is 0 Å². The van der Waals surface area contributed by atoms with Gasteiger partial charge in [-0.2, -0.15) is 0 Å². The summed E-state index contributed by atoms with van der Waals surface area (Å²) in [6.45, 7) is 3.98. The first-order valence-corrected chi connectivity index (χ1v) is 28.9. The Morgan fingerprint density at radius 2 is 0.778 bits per heavy atom. The van der Waals surface area contributed by atoms with Crippen LogP contribution in [-0.2, 0) is 27.9 Å². The van der Waals surface area contributed by atoms with Gasteiger partial charge >= 0.3 is 13.8 Å². The lowest BCUT2D eigenvalue weighted by Crippen LogP contribution is -2.64. The highest BCUT2D eigenvalue weighted by atomic mass is 31.2. The largest absolute Gasteiger partial charge is 0.472 e. The van der Waals surface area contributed by atoms with E-state index in [2.05, 4.69) is 135 Å². The van der Waals surface area contributed by atoms with Gasteiger partial charge in [0.2, 0.25) is 0 Å². The van der Waals surface area contributed by atoms with Crippen molar-refractivity contribution in [2.75, 3.05) is 19.8 Å². The molecular weight excluding hydrogens is 932 g/mol. The molecule has 13 heteroatoms. The lowest BCUT2D eigenvalue weighted by Gasteiger charge is -2.41. The van der Waals surface area contributed by atoms with Gasteiger partial charge in [-0.1, -0.05) is 193 Å². The zero-order valence-electron chi connectivity index (χ0n) is 44.2. The molecule has 0 aromatic carbocycles. The van der Waals surface area contributed by atoms with Crippen molar-refractivity contribution < 1.29 is 58.3 Å². The second kappa shape index (κ2) is 47.5. The van der Waals surface area contributed by atoms with Crippen LogP contribution in [0.15, 0.2) is 122 Å². The van der Waals surface area contributed by atoms with Crippen LogP contribution in [0.2, 0.25) is 0 Å². The molecule has 0 aromatic rings. The fourth-order valence-corrected chi connectivity index (χ4v) is 8.56. The third kappa shape index (κ3) is 38.3. The Kier molecular flexibility index (Phi) is 44.0. The molecule has 0 bridgehead atoms. The number of hydrogen-bond donors (Lipinski definition) is 6. The van der Waals surface area contributed by atoms with E-state index in [0.29, 0.717) is 13.0 Å². The molecule has 0 aliphatic heterocycles. The average molecular weight is 1030 g/mol. The van der Waals surface area contributed by atoms with Gasteiger partial charge in [0.25, 0.3) is 0 Å². The molecule has 1 aliphatic carbocycles. The molecule has 1 aliphatic rings. The number of carbonyl (C=O) groups excluding carboxylic acids is 1. The molecular formula is C59H97O12P. The number of carbonyl (C=O) groups is 1. The van der Waals surface area contributed by atoms with Gasteiger partial charge in [0.15, 0.2) is 0 Å². The lowest BCUT2D eigenvalue weighted by atomic mass is 9.85. The first-order valence-electron chi connectivity index (χ1n) is 27.4. The third-order valence-corrected chi connectivity index (χ3v) is 12.8. The summed E-state index contributed by atoms with van der Waals surface area (Å²) in [5, 5.41) is 50.4. The minimum atomic E-state index is -5.04. The van der Waals surface area contributed by atoms with Crippen molar-refractivity contribution in [3.8, 4) is 0 Å². The zero-order chi connectivity index (χ0) is 52.6. The topological polar surface area (TPSA) is 192 Å². The molecule has 0 saturated heterocycles. The number of phosphoric acid groups is 1. The van der Waals surface area contributed by atoms with Crippen LogP contribution in [-0.4, -0.2) is 98.9 Å². The molecule has 1 fully saturated rings. The van der Waals surface area contributed by atoms with E-state index in [0.717, 1.165) is 154 Å². The summed E-state index contributed by atoms with van der Waals surface area (Å²) in [5.74, 6) is -0.499. The maximum absolute atomic E-state index is 12.9. The molecule has 72 heavy (non-hydrogen) atoms. The molecule has 0 amide bonds. The van der Waals surface area contributed by atoms with Gasteiger partial charge in [-0.3, -0.25) is 13.8 Å². The standard InChI is InChI=1S/C59H97O12P/c1-3-5-7-9-11-13-15-17-19-21-23-25-27-28-30-32-34-36-38-40-42-44-46-48-53(60)70-52(51-69-72(66,67)71-59-57(64)55(62)54(61)56(63)58(59)65)50-68-49-47-45-43-41-39-37-35-33-31-29-26-24-22-20-18-16-14-12-10-8-6-4-2/h5-8,11-14,17-20,23-26,28,30-31,33,52,54-59,61-65H,3-4,9-10,15-16,21-22,27,29,32,34-51H2,1-2H3,(H,66,67)/b7-5-,8-6-,13-11-,14-12-,19-17-,20-18-,25-23-,26-24-,30-28-,33-31-. The number of esters is 1. The molecule has 0 radical (unpaired) electrons. The number of phosphoric ester groups is 1. The van der Waals surface area contributed by atoms with Crippen LogP contribution in [0.5, 0.6) is 0 Å². The lowest BCUT2D eigenvalue weighted by molar-refractivity contribution is -0.220. The summed E-state index contributed by atoms with van der Waals surface area (Å²) in [7, 11) is -5.04. The Hall–Kier alpha value is -3.26. The van der Waals surface area contributed by atoms with E-state index in [4.69, 9.17) is 18.5 Å². The fraction of sp³-hybridized carbons (Fsp3) is 0.644. The van der Waals surface area contributed by atoms with Crippen molar-refractivity contribution in [3.63, 3.8) is 0 Å². The number of hydrogen-bond acceptors (Lipinski definition) is 11. The average Bonchev–Trinajstić information content (AvgIpc) is 3.37. The zero-order valence-corrected chi connectivity index (χ0v) is 45.1. The summed E-state index contributed by atoms with van der Waals surface area (Å²) >= 11 is 0. The first kappa shape index (κ1) is 66.8. The van der Waals surface area contributed by atoms with Crippen molar-refractivity contribution in [2.24, 2.45) is 0 Å². The molecule has 6 unspecified atom stereocenters. The molecule has 6 N–H and O–H groups in total. The second-order valence-electron chi connectivity index (χ2n) is 18.3. The first-order chi connectivity index (χ1) is 35.0. The van der Waals surface area contributed by atoms with Gasteiger partial charge in [-0.05, 0) is 103 Å². The van der Waals surface area contributed by atoms with Crippen LogP contribution in [0.4, 0.5) is 0 Å². The highest BCUT2D eigenvalue weighted by molar-refractivity contribution is 7.47. The van der Waals surface area contributed by atoms with E-state index < -0.39 is 63.1 Å². The number of aliphatic hydroxyl groups is 5. The molecule has 12 nitrogen and oxygen atoms in total. The Morgan fingerprint density at radius 3 is 1.18 bits per heavy atom. The quantitative estimate of drug-likeness (QED) is 0.0147. The fourth-order valence-electron chi connectivity index (χ4n) is 7.58. The monoisotopic (exact) mass is 1030 g/mol. The minimum Gasteiger partial charge on any atom is -0.457 e. The highest BCUT2D eigenvalue weighted by Gasteiger charge is 2.51. The van der Waals surface area contributed by atoms with Gasteiger partial charge in [0, 0.05) is 13.0 Å². The Balaban J connectivity index is 2.35. The Labute approximate surface area is 435 Å². The number of allylic oxidation sites excluding steroid dienone is 20. The normalized spacial score (nSPS) is 21.6. The smallest absolute Gasteiger partial charge is 0.457 e. The number of unbranched alkanes of at least 4 members (excludes halogenated alkanes) is 13. The molecule has 0 heterocycles. The van der Waals surface area contributed by atoms with Crippen molar-refractivity contribution in [3.05, 3.63) is 122 Å². The van der Waals surface area contributed by atoms with Gasteiger partial charge in [0.1, 0.15) is 42.7 Å². The van der Waals surface area contributed by atoms with E-state index in [1.165, 1.54) is 0 Å². The van der Waals surface area contributed by atoms with Crippen LogP contribution >= 0.6 is 7.82 Å².